The van der Waals surface area contributed by atoms with E-state index in [0.717, 1.165) is 5.56 Å². The number of hydrazone groups is 1. The van der Waals surface area contributed by atoms with Gasteiger partial charge in [-0.2, -0.15) is 5.10 Å². The Labute approximate surface area is 132 Å². The van der Waals surface area contributed by atoms with Gasteiger partial charge in [-0.1, -0.05) is 0 Å². The Balaban J connectivity index is 1.90. The van der Waals surface area contributed by atoms with Gasteiger partial charge in [0.2, 0.25) is 0 Å². The summed E-state index contributed by atoms with van der Waals surface area (Å²) in [6.07, 6.45) is 6.45. The molecule has 0 bridgehead atoms. The highest BCUT2D eigenvalue weighted by atomic mass is 16.5. The summed E-state index contributed by atoms with van der Waals surface area (Å²) >= 11 is 0. The van der Waals surface area contributed by atoms with Gasteiger partial charge in [-0.3, -0.25) is 9.78 Å². The summed E-state index contributed by atoms with van der Waals surface area (Å²) < 4.78 is 4.93. The molecule has 116 valence electrons. The molecule has 0 saturated heterocycles. The molecule has 0 radical (unpaired) electrons. The van der Waals surface area contributed by atoms with E-state index in [1.807, 2.05) is 6.07 Å². The molecular weight excluding hydrogens is 296 g/mol. The number of H-pyrrole nitrogens is 1. The Kier molecular flexibility index (Phi) is 4.01. The molecule has 0 unspecified atom stereocenters. The molecule has 0 atom stereocenters. The minimum absolute atomic E-state index is 0.306. The molecule has 3 heterocycles. The first kappa shape index (κ1) is 14.7. The van der Waals surface area contributed by atoms with Crippen molar-refractivity contribution in [3.05, 3.63) is 59.2 Å². The predicted octanol–water partition coefficient (Wildman–Crippen LogP) is 1.50. The van der Waals surface area contributed by atoms with Crippen molar-refractivity contribution in [1.82, 2.24) is 15.4 Å². The number of ether oxygens (including phenoxy) is 1. The minimum Gasteiger partial charge on any atom is -0.462 e. The molecule has 2 aromatic rings. The maximum absolute atomic E-state index is 12.0. The third kappa shape index (κ3) is 3.03. The molecule has 1 aliphatic rings. The Morgan fingerprint density at radius 3 is 3.04 bits per heavy atom. The smallest absolute Gasteiger partial charge is 0.339 e. The fraction of sp³-hybridized carbons (Fsp3) is 0.125. The molecular formula is C16H14N4O3. The van der Waals surface area contributed by atoms with Gasteiger partial charge in [-0.25, -0.2) is 10.2 Å². The molecule has 1 aliphatic heterocycles. The lowest BCUT2D eigenvalue weighted by Crippen LogP contribution is -2.13. The molecule has 0 saturated carbocycles. The quantitative estimate of drug-likeness (QED) is 0.660. The second-order valence-corrected chi connectivity index (χ2v) is 4.77. The first-order chi connectivity index (χ1) is 11.2. The second kappa shape index (κ2) is 6.27. The lowest BCUT2D eigenvalue weighted by atomic mass is 10.0. The van der Waals surface area contributed by atoms with Gasteiger partial charge in [0.1, 0.15) is 5.71 Å². The molecule has 0 fully saturated rings. The fourth-order valence-corrected chi connectivity index (χ4v) is 2.17. The number of nitrogens with one attached hydrogen (secondary N) is 2. The van der Waals surface area contributed by atoms with E-state index in [9.17, 15) is 9.59 Å². The predicted molar refractivity (Wildman–Crippen MR) is 83.6 cm³/mol. The van der Waals surface area contributed by atoms with Crippen molar-refractivity contribution in [3.63, 3.8) is 0 Å². The standard InChI is InChI=1S/C16H14N4O3/c1-2-23-16(22)11-6-12(18-9-11)7-13-14(19-20-15(13)21)10-4-3-5-17-8-10/h3-9,18H,2H2,1H3,(H,20,21). The van der Waals surface area contributed by atoms with Gasteiger partial charge in [0.05, 0.1) is 17.7 Å². The van der Waals surface area contributed by atoms with Crippen LogP contribution in [0.2, 0.25) is 0 Å². The van der Waals surface area contributed by atoms with Crippen LogP contribution in [0.1, 0.15) is 28.5 Å². The second-order valence-electron chi connectivity index (χ2n) is 4.77. The van der Waals surface area contributed by atoms with Crippen LogP contribution in [0.3, 0.4) is 0 Å². The van der Waals surface area contributed by atoms with Gasteiger partial charge in [0, 0.05) is 29.8 Å². The zero-order valence-corrected chi connectivity index (χ0v) is 12.4. The number of nitrogens with zero attached hydrogens (tertiary/aromatic N) is 2. The SMILES string of the molecule is CCOC(=O)c1c[nH]c(C=C2C(=O)NN=C2c2cccnc2)c1. The number of carbonyl (C=O) groups is 2. The van der Waals surface area contributed by atoms with E-state index in [-0.39, 0.29) is 5.91 Å². The van der Waals surface area contributed by atoms with Crippen molar-refractivity contribution in [2.24, 2.45) is 5.10 Å². The highest BCUT2D eigenvalue weighted by Crippen LogP contribution is 2.17. The van der Waals surface area contributed by atoms with Crippen LogP contribution in [-0.4, -0.2) is 34.2 Å². The number of hydrogen-bond acceptors (Lipinski definition) is 5. The normalized spacial score (nSPS) is 15.4. The van der Waals surface area contributed by atoms with E-state index >= 15 is 0 Å². The van der Waals surface area contributed by atoms with Crippen LogP contribution in [0.25, 0.3) is 6.08 Å². The third-order valence-corrected chi connectivity index (χ3v) is 3.22. The largest absolute Gasteiger partial charge is 0.462 e. The average molecular weight is 310 g/mol. The fourth-order valence-electron chi connectivity index (χ4n) is 2.17. The Bertz CT molecular complexity index is 806. The Hall–Kier alpha value is -3.22. The van der Waals surface area contributed by atoms with E-state index in [4.69, 9.17) is 4.74 Å². The van der Waals surface area contributed by atoms with E-state index in [2.05, 4.69) is 20.5 Å². The van der Waals surface area contributed by atoms with Crippen LogP contribution < -0.4 is 5.43 Å². The molecule has 0 aliphatic carbocycles. The summed E-state index contributed by atoms with van der Waals surface area (Å²) in [4.78, 5) is 30.6. The van der Waals surface area contributed by atoms with Gasteiger partial charge in [-0.15, -0.1) is 0 Å². The van der Waals surface area contributed by atoms with Crippen LogP contribution in [-0.2, 0) is 9.53 Å². The molecule has 2 aromatic heterocycles. The molecule has 0 spiro atoms. The highest BCUT2D eigenvalue weighted by Gasteiger charge is 2.24. The summed E-state index contributed by atoms with van der Waals surface area (Å²) in [7, 11) is 0. The van der Waals surface area contributed by atoms with E-state index in [1.54, 1.807) is 37.5 Å². The van der Waals surface area contributed by atoms with Crippen molar-refractivity contribution in [2.45, 2.75) is 6.92 Å². The van der Waals surface area contributed by atoms with Crippen LogP contribution in [0, 0.1) is 0 Å². The number of rotatable bonds is 4. The molecule has 7 nitrogen and oxygen atoms in total. The zero-order chi connectivity index (χ0) is 16.2. The number of aromatic nitrogens is 2. The maximum Gasteiger partial charge on any atom is 0.339 e. The zero-order valence-electron chi connectivity index (χ0n) is 12.4. The molecule has 1 amide bonds. The van der Waals surface area contributed by atoms with E-state index in [0.29, 0.717) is 29.1 Å². The third-order valence-electron chi connectivity index (χ3n) is 3.22. The summed E-state index contributed by atoms with van der Waals surface area (Å²) in [5.74, 6) is -0.721. The molecule has 2 N–H and O–H groups in total. The van der Waals surface area contributed by atoms with Gasteiger partial charge >= 0.3 is 5.97 Å². The number of amides is 1. The van der Waals surface area contributed by atoms with Crippen molar-refractivity contribution >= 4 is 23.7 Å². The number of carbonyl (C=O) groups excluding carboxylic acids is 2. The number of aromatic amines is 1. The van der Waals surface area contributed by atoms with E-state index < -0.39 is 5.97 Å². The van der Waals surface area contributed by atoms with Crippen molar-refractivity contribution in [3.8, 4) is 0 Å². The number of pyridine rings is 1. The van der Waals surface area contributed by atoms with Crippen molar-refractivity contribution < 1.29 is 14.3 Å². The molecule has 0 aromatic carbocycles. The monoisotopic (exact) mass is 310 g/mol. The lowest BCUT2D eigenvalue weighted by molar-refractivity contribution is -0.116. The van der Waals surface area contributed by atoms with Gasteiger partial charge < -0.3 is 9.72 Å². The highest BCUT2D eigenvalue weighted by molar-refractivity contribution is 6.33. The lowest BCUT2D eigenvalue weighted by Gasteiger charge is -2.00. The van der Waals surface area contributed by atoms with Crippen LogP contribution >= 0.6 is 0 Å². The van der Waals surface area contributed by atoms with Gasteiger partial charge in [0.15, 0.2) is 0 Å². The minimum atomic E-state index is -0.412. The first-order valence-corrected chi connectivity index (χ1v) is 7.05. The summed E-state index contributed by atoms with van der Waals surface area (Å²) in [6, 6.07) is 5.21. The molecule has 23 heavy (non-hydrogen) atoms. The van der Waals surface area contributed by atoms with Gasteiger partial charge in [0.25, 0.3) is 5.91 Å². The summed E-state index contributed by atoms with van der Waals surface area (Å²) in [5.41, 5.74) is 5.08. The Morgan fingerprint density at radius 1 is 1.43 bits per heavy atom. The first-order valence-electron chi connectivity index (χ1n) is 7.05. The number of hydrogen-bond donors (Lipinski definition) is 2. The molecule has 7 heteroatoms. The summed E-state index contributed by atoms with van der Waals surface area (Å²) in [6.45, 7) is 2.05. The van der Waals surface area contributed by atoms with Crippen LogP contribution in [0.15, 0.2) is 47.5 Å². The van der Waals surface area contributed by atoms with Crippen molar-refractivity contribution in [2.75, 3.05) is 6.61 Å². The average Bonchev–Trinajstić information content (AvgIpc) is 3.17. The van der Waals surface area contributed by atoms with Crippen LogP contribution in [0.5, 0.6) is 0 Å². The van der Waals surface area contributed by atoms with Gasteiger partial charge in [-0.05, 0) is 31.2 Å². The van der Waals surface area contributed by atoms with Crippen LogP contribution in [0.4, 0.5) is 0 Å². The summed E-state index contributed by atoms with van der Waals surface area (Å²) in [5, 5.41) is 4.04. The van der Waals surface area contributed by atoms with Crippen molar-refractivity contribution in [1.29, 1.82) is 0 Å². The van der Waals surface area contributed by atoms with E-state index in [1.165, 1.54) is 6.20 Å². The molecule has 3 rings (SSSR count). The Morgan fingerprint density at radius 2 is 2.30 bits per heavy atom. The number of esters is 1. The maximum atomic E-state index is 12.0. The topological polar surface area (TPSA) is 96.4 Å².